The van der Waals surface area contributed by atoms with Gasteiger partial charge in [-0.25, -0.2) is 4.18 Å². The summed E-state index contributed by atoms with van der Waals surface area (Å²) in [5.41, 5.74) is 0. The zero-order valence-corrected chi connectivity index (χ0v) is 10.8. The molecule has 6 heteroatoms. The van der Waals surface area contributed by atoms with E-state index in [1.54, 1.807) is 25.1 Å². The third-order valence-electron chi connectivity index (χ3n) is 2.01. The molecule has 0 heterocycles. The minimum Gasteiger partial charge on any atom is -0.356 e. The van der Waals surface area contributed by atoms with Crippen LogP contribution in [-0.2, 0) is 23.8 Å². The summed E-state index contributed by atoms with van der Waals surface area (Å²) in [5, 5.41) is 0. The van der Waals surface area contributed by atoms with Gasteiger partial charge in [-0.3, -0.25) is 0 Å². The average molecular weight is 260 g/mol. The van der Waals surface area contributed by atoms with Crippen LogP contribution < -0.4 is 0 Å². The maximum atomic E-state index is 11.8. The lowest BCUT2D eigenvalue weighted by molar-refractivity contribution is -0.191. The molecule has 0 amide bonds. The predicted octanol–water partition coefficient (Wildman–Crippen LogP) is 1.75. The van der Waals surface area contributed by atoms with Gasteiger partial charge < -0.3 is 9.47 Å². The lowest BCUT2D eigenvalue weighted by atomic mass is 10.4. The number of hydrogen-bond acceptors (Lipinski definition) is 5. The third-order valence-corrected chi connectivity index (χ3v) is 3.38. The van der Waals surface area contributed by atoms with Crippen molar-refractivity contribution in [3.8, 4) is 0 Å². The fraction of sp³-hybridized carbons (Fsp3) is 0.455. The van der Waals surface area contributed by atoms with Crippen LogP contribution in [0, 0.1) is 0 Å². The number of ether oxygens (including phenoxy) is 2. The molecule has 96 valence electrons. The number of hydrogen-bond donors (Lipinski definition) is 0. The van der Waals surface area contributed by atoms with Gasteiger partial charge in [0.1, 0.15) is 0 Å². The molecule has 0 saturated heterocycles. The SMILES string of the molecule is COC(C)OC(C)OS(=O)(=O)c1ccccc1. The van der Waals surface area contributed by atoms with Crippen molar-refractivity contribution in [2.45, 2.75) is 31.3 Å². The van der Waals surface area contributed by atoms with Crippen molar-refractivity contribution in [1.29, 1.82) is 0 Å². The highest BCUT2D eigenvalue weighted by Gasteiger charge is 2.20. The minimum absolute atomic E-state index is 0.0977. The first kappa shape index (κ1) is 14.1. The summed E-state index contributed by atoms with van der Waals surface area (Å²) in [6, 6.07) is 7.90. The summed E-state index contributed by atoms with van der Waals surface area (Å²) in [6.07, 6.45) is -1.44. The Balaban J connectivity index is 2.68. The zero-order chi connectivity index (χ0) is 12.9. The van der Waals surface area contributed by atoms with Crippen LogP contribution in [-0.4, -0.2) is 28.1 Å². The Morgan fingerprint density at radius 3 is 2.18 bits per heavy atom. The van der Waals surface area contributed by atoms with Gasteiger partial charge in [-0.1, -0.05) is 18.2 Å². The minimum atomic E-state index is -3.79. The molecule has 17 heavy (non-hydrogen) atoms. The molecule has 0 N–H and O–H groups in total. The van der Waals surface area contributed by atoms with Gasteiger partial charge in [0.05, 0.1) is 4.90 Å². The molecule has 0 aliphatic rings. The fourth-order valence-corrected chi connectivity index (χ4v) is 2.17. The molecule has 0 spiro atoms. The summed E-state index contributed by atoms with van der Waals surface area (Å²) >= 11 is 0. The molecule has 1 aromatic carbocycles. The molecule has 1 rings (SSSR count). The second-order valence-corrected chi connectivity index (χ2v) is 4.94. The van der Waals surface area contributed by atoms with Crippen molar-refractivity contribution in [3.05, 3.63) is 30.3 Å². The van der Waals surface area contributed by atoms with E-state index in [0.717, 1.165) is 0 Å². The Kier molecular flexibility index (Phi) is 5.07. The molecule has 2 atom stereocenters. The van der Waals surface area contributed by atoms with Crippen LogP contribution in [0.3, 0.4) is 0 Å². The van der Waals surface area contributed by atoms with E-state index in [2.05, 4.69) is 0 Å². The van der Waals surface area contributed by atoms with E-state index in [1.165, 1.54) is 26.2 Å². The average Bonchev–Trinajstić information content (AvgIpc) is 2.29. The molecule has 0 saturated carbocycles. The molecular formula is C11H16O5S. The zero-order valence-electron chi connectivity index (χ0n) is 9.99. The van der Waals surface area contributed by atoms with Crippen molar-refractivity contribution in [3.63, 3.8) is 0 Å². The fourth-order valence-electron chi connectivity index (χ4n) is 1.17. The lowest BCUT2D eigenvalue weighted by Crippen LogP contribution is -2.24. The van der Waals surface area contributed by atoms with Crippen LogP contribution >= 0.6 is 0 Å². The van der Waals surface area contributed by atoms with Crippen molar-refractivity contribution in [2.24, 2.45) is 0 Å². The van der Waals surface area contributed by atoms with Gasteiger partial charge in [-0.15, -0.1) is 0 Å². The highest BCUT2D eigenvalue weighted by molar-refractivity contribution is 7.86. The quantitative estimate of drug-likeness (QED) is 0.576. The van der Waals surface area contributed by atoms with Crippen LogP contribution in [0.4, 0.5) is 0 Å². The molecule has 0 radical (unpaired) electrons. The maximum absolute atomic E-state index is 11.8. The first-order valence-corrected chi connectivity index (χ1v) is 6.53. The number of methoxy groups -OCH3 is 1. The Hall–Kier alpha value is -0.950. The standard InChI is InChI=1S/C11H16O5S/c1-9(14-3)15-10(2)16-17(12,13)11-7-5-4-6-8-11/h4-10H,1-3H3. The van der Waals surface area contributed by atoms with Crippen molar-refractivity contribution in [1.82, 2.24) is 0 Å². The maximum Gasteiger partial charge on any atom is 0.299 e. The van der Waals surface area contributed by atoms with Crippen LogP contribution in [0.15, 0.2) is 35.2 Å². The van der Waals surface area contributed by atoms with Crippen molar-refractivity contribution in [2.75, 3.05) is 7.11 Å². The normalized spacial score (nSPS) is 15.5. The van der Waals surface area contributed by atoms with E-state index < -0.39 is 22.7 Å². The second kappa shape index (κ2) is 6.11. The van der Waals surface area contributed by atoms with Crippen molar-refractivity contribution >= 4 is 10.1 Å². The van der Waals surface area contributed by atoms with E-state index in [0.29, 0.717) is 0 Å². The Bertz CT molecular complexity index is 428. The predicted molar refractivity (Wildman–Crippen MR) is 61.7 cm³/mol. The molecule has 0 aliphatic heterocycles. The van der Waals surface area contributed by atoms with Gasteiger partial charge in [0.2, 0.25) is 0 Å². The Labute approximate surface area is 101 Å². The van der Waals surface area contributed by atoms with Gasteiger partial charge in [-0.05, 0) is 26.0 Å². The van der Waals surface area contributed by atoms with Crippen LogP contribution in [0.1, 0.15) is 13.8 Å². The van der Waals surface area contributed by atoms with Crippen molar-refractivity contribution < 1.29 is 22.1 Å². The van der Waals surface area contributed by atoms with Gasteiger partial charge in [0, 0.05) is 7.11 Å². The highest BCUT2D eigenvalue weighted by atomic mass is 32.2. The first-order chi connectivity index (χ1) is 7.95. The lowest BCUT2D eigenvalue weighted by Gasteiger charge is -2.17. The second-order valence-electron chi connectivity index (χ2n) is 3.37. The molecule has 0 aromatic heterocycles. The molecule has 0 fully saturated rings. The Morgan fingerprint density at radius 1 is 1.06 bits per heavy atom. The summed E-state index contributed by atoms with van der Waals surface area (Å²) < 4.78 is 38.4. The van der Waals surface area contributed by atoms with E-state index in [9.17, 15) is 8.42 Å². The topological polar surface area (TPSA) is 61.8 Å². The summed E-state index contributed by atoms with van der Waals surface area (Å²) in [4.78, 5) is 0.0977. The summed E-state index contributed by atoms with van der Waals surface area (Å²) in [7, 11) is -2.33. The largest absolute Gasteiger partial charge is 0.356 e. The van der Waals surface area contributed by atoms with Gasteiger partial charge in [-0.2, -0.15) is 8.42 Å². The third kappa shape index (κ3) is 4.43. The van der Waals surface area contributed by atoms with Crippen LogP contribution in [0.2, 0.25) is 0 Å². The van der Waals surface area contributed by atoms with Gasteiger partial charge in [0.25, 0.3) is 10.1 Å². The van der Waals surface area contributed by atoms with E-state index in [-0.39, 0.29) is 4.90 Å². The first-order valence-electron chi connectivity index (χ1n) is 5.12. The van der Waals surface area contributed by atoms with Gasteiger partial charge in [0.15, 0.2) is 12.6 Å². The molecule has 0 bridgehead atoms. The van der Waals surface area contributed by atoms with Crippen LogP contribution in [0.5, 0.6) is 0 Å². The molecule has 1 aromatic rings. The molecule has 5 nitrogen and oxygen atoms in total. The number of benzene rings is 1. The monoisotopic (exact) mass is 260 g/mol. The van der Waals surface area contributed by atoms with E-state index >= 15 is 0 Å². The smallest absolute Gasteiger partial charge is 0.299 e. The van der Waals surface area contributed by atoms with E-state index in [1.807, 2.05) is 0 Å². The summed E-state index contributed by atoms with van der Waals surface area (Å²) in [6.45, 7) is 3.14. The molecular weight excluding hydrogens is 244 g/mol. The molecule has 0 aliphatic carbocycles. The summed E-state index contributed by atoms with van der Waals surface area (Å²) in [5.74, 6) is 0. The Morgan fingerprint density at radius 2 is 1.65 bits per heavy atom. The van der Waals surface area contributed by atoms with Crippen LogP contribution in [0.25, 0.3) is 0 Å². The number of rotatable bonds is 6. The highest BCUT2D eigenvalue weighted by Crippen LogP contribution is 2.14. The molecule has 2 unspecified atom stereocenters. The van der Waals surface area contributed by atoms with E-state index in [4.69, 9.17) is 13.7 Å². The van der Waals surface area contributed by atoms with Gasteiger partial charge >= 0.3 is 0 Å².